The van der Waals surface area contributed by atoms with Crippen molar-refractivity contribution in [1.82, 2.24) is 15.5 Å². The van der Waals surface area contributed by atoms with Crippen molar-refractivity contribution in [1.29, 1.82) is 0 Å². The van der Waals surface area contributed by atoms with E-state index in [4.69, 9.17) is 9.47 Å². The minimum atomic E-state index is -0.978. The summed E-state index contributed by atoms with van der Waals surface area (Å²) >= 11 is 4.28. The fourth-order valence-electron chi connectivity index (χ4n) is 3.58. The van der Waals surface area contributed by atoms with Gasteiger partial charge in [-0.05, 0) is 53.0 Å². The van der Waals surface area contributed by atoms with Crippen LogP contribution in [-0.4, -0.2) is 65.4 Å². The van der Waals surface area contributed by atoms with Crippen molar-refractivity contribution in [3.63, 3.8) is 0 Å². The Morgan fingerprint density at radius 2 is 1.89 bits per heavy atom. The molecule has 0 aromatic heterocycles. The van der Waals surface area contributed by atoms with Crippen molar-refractivity contribution >= 4 is 36.5 Å². The lowest BCUT2D eigenvalue weighted by atomic mass is 10.0. The Kier molecular flexibility index (Phi) is 10.4. The second-order valence-corrected chi connectivity index (χ2v) is 9.89. The Bertz CT molecular complexity index is 913. The van der Waals surface area contributed by atoms with Gasteiger partial charge in [0.15, 0.2) is 0 Å². The zero-order valence-electron chi connectivity index (χ0n) is 21.1. The maximum atomic E-state index is 13.7. The van der Waals surface area contributed by atoms with Gasteiger partial charge in [-0.25, -0.2) is 4.79 Å². The minimum absolute atomic E-state index is 0.0248. The lowest BCUT2D eigenvalue weighted by Gasteiger charge is -2.34. The molecule has 2 rings (SSSR count). The van der Waals surface area contributed by atoms with Gasteiger partial charge >= 0.3 is 12.1 Å². The largest absolute Gasteiger partial charge is 0.466 e. The van der Waals surface area contributed by atoms with E-state index in [9.17, 15) is 19.2 Å². The molecule has 35 heavy (non-hydrogen) atoms. The number of hydrogen-bond donors (Lipinski definition) is 3. The molecular formula is C25H37N3O6S. The average Bonchev–Trinajstić information content (AvgIpc) is 3.59. The number of benzene rings is 1. The second-order valence-electron chi connectivity index (χ2n) is 9.52. The van der Waals surface area contributed by atoms with Crippen molar-refractivity contribution < 1.29 is 28.7 Å². The Labute approximate surface area is 212 Å². The fourth-order valence-corrected chi connectivity index (χ4v) is 3.83. The molecule has 1 aliphatic carbocycles. The molecule has 0 spiro atoms. The van der Waals surface area contributed by atoms with Crippen LogP contribution in [0.1, 0.15) is 64.1 Å². The lowest BCUT2D eigenvalue weighted by molar-refractivity contribution is -0.144. The Balaban J connectivity index is 2.30. The minimum Gasteiger partial charge on any atom is -0.466 e. The average molecular weight is 508 g/mol. The Morgan fingerprint density at radius 3 is 2.43 bits per heavy atom. The molecule has 2 N–H and O–H groups in total. The van der Waals surface area contributed by atoms with Crippen LogP contribution in [-0.2, 0) is 23.9 Å². The Hall–Kier alpha value is -2.75. The third-order valence-electron chi connectivity index (χ3n) is 5.18. The molecule has 2 unspecified atom stereocenters. The van der Waals surface area contributed by atoms with E-state index in [1.54, 1.807) is 33.8 Å². The van der Waals surface area contributed by atoms with E-state index in [1.807, 2.05) is 25.1 Å². The maximum Gasteiger partial charge on any atom is 0.408 e. The molecule has 1 fully saturated rings. The molecule has 1 aromatic carbocycles. The van der Waals surface area contributed by atoms with Crippen LogP contribution in [0.4, 0.5) is 4.79 Å². The summed E-state index contributed by atoms with van der Waals surface area (Å²) in [5.41, 5.74) is 0.856. The van der Waals surface area contributed by atoms with Gasteiger partial charge in [0.25, 0.3) is 0 Å². The molecule has 1 saturated carbocycles. The summed E-state index contributed by atoms with van der Waals surface area (Å²) in [6.07, 6.45) is 0.787. The van der Waals surface area contributed by atoms with E-state index in [2.05, 4.69) is 23.3 Å². The van der Waals surface area contributed by atoms with E-state index in [-0.39, 0.29) is 31.4 Å². The van der Waals surface area contributed by atoms with Crippen molar-refractivity contribution in [2.45, 2.75) is 77.6 Å². The summed E-state index contributed by atoms with van der Waals surface area (Å²) in [6, 6.07) is 5.33. The molecule has 0 aliphatic heterocycles. The number of rotatable bonds is 11. The van der Waals surface area contributed by atoms with Gasteiger partial charge in [-0.2, -0.15) is 12.6 Å². The van der Waals surface area contributed by atoms with Gasteiger partial charge in [0.05, 0.1) is 13.0 Å². The highest BCUT2D eigenvalue weighted by Crippen LogP contribution is 2.36. The van der Waals surface area contributed by atoms with Gasteiger partial charge in [0.2, 0.25) is 11.8 Å². The summed E-state index contributed by atoms with van der Waals surface area (Å²) in [5.74, 6) is -1.20. The molecule has 3 amide bonds. The van der Waals surface area contributed by atoms with E-state index in [0.29, 0.717) is 5.56 Å². The third-order valence-corrected chi connectivity index (χ3v) is 5.55. The zero-order chi connectivity index (χ0) is 26.2. The van der Waals surface area contributed by atoms with Crippen LogP contribution < -0.4 is 10.6 Å². The monoisotopic (exact) mass is 507 g/mol. The number of thiol groups is 1. The summed E-state index contributed by atoms with van der Waals surface area (Å²) in [4.78, 5) is 52.7. The number of carbonyl (C=O) groups is 4. The number of aryl methyl sites for hydroxylation is 1. The molecule has 0 bridgehead atoms. The first-order valence-electron chi connectivity index (χ1n) is 11.9. The summed E-state index contributed by atoms with van der Waals surface area (Å²) in [7, 11) is 0. The number of esters is 1. The SMILES string of the molecule is CCOC(=O)CCNC(=O)C(c1cccc(C)c1)N(C(=O)C(CS)NC(=O)OC(C)(C)C)C1CC1. The Morgan fingerprint density at radius 1 is 1.20 bits per heavy atom. The zero-order valence-corrected chi connectivity index (χ0v) is 22.0. The molecule has 194 valence electrons. The van der Waals surface area contributed by atoms with Crippen molar-refractivity contribution in [3.05, 3.63) is 35.4 Å². The highest BCUT2D eigenvalue weighted by atomic mass is 32.1. The van der Waals surface area contributed by atoms with E-state index >= 15 is 0 Å². The first-order chi connectivity index (χ1) is 16.5. The highest BCUT2D eigenvalue weighted by Gasteiger charge is 2.43. The molecule has 0 saturated heterocycles. The third kappa shape index (κ3) is 9.08. The number of ether oxygens (including phenoxy) is 2. The van der Waals surface area contributed by atoms with Crippen molar-refractivity contribution in [2.24, 2.45) is 0 Å². The van der Waals surface area contributed by atoms with Crippen molar-refractivity contribution in [3.8, 4) is 0 Å². The number of carbonyl (C=O) groups excluding carboxylic acids is 4. The lowest BCUT2D eigenvalue weighted by Crippen LogP contribution is -2.54. The van der Waals surface area contributed by atoms with Crippen LogP contribution in [0.2, 0.25) is 0 Å². The first-order valence-corrected chi connectivity index (χ1v) is 12.5. The van der Waals surface area contributed by atoms with E-state index in [1.165, 1.54) is 4.90 Å². The number of hydrogen-bond acceptors (Lipinski definition) is 7. The predicted molar refractivity (Wildman–Crippen MR) is 135 cm³/mol. The van der Waals surface area contributed by atoms with Gasteiger partial charge < -0.3 is 25.0 Å². The van der Waals surface area contributed by atoms with Crippen LogP contribution in [0.5, 0.6) is 0 Å². The fraction of sp³-hybridized carbons (Fsp3) is 0.600. The quantitative estimate of drug-likeness (QED) is 0.314. The number of alkyl carbamates (subject to hydrolysis) is 1. The normalized spacial score (nSPS) is 14.9. The molecular weight excluding hydrogens is 470 g/mol. The topological polar surface area (TPSA) is 114 Å². The molecule has 10 heteroatoms. The van der Waals surface area contributed by atoms with Gasteiger partial charge in [-0.1, -0.05) is 29.8 Å². The standard InChI is InChI=1S/C25H37N3O6S/c1-6-33-20(29)12-13-26-22(30)21(17-9-7-8-16(2)14-17)28(18-10-11-18)23(31)19(15-35)27-24(32)34-25(3,4)5/h7-9,14,18-19,21,35H,6,10-13,15H2,1-5H3,(H,26,30)(H,27,32). The number of nitrogens with one attached hydrogen (secondary N) is 2. The van der Waals surface area contributed by atoms with Crippen LogP contribution in [0.3, 0.4) is 0 Å². The number of amides is 3. The van der Waals surface area contributed by atoms with Crippen LogP contribution >= 0.6 is 12.6 Å². The molecule has 0 radical (unpaired) electrons. The van der Waals surface area contributed by atoms with E-state index < -0.39 is 41.6 Å². The number of nitrogens with zero attached hydrogens (tertiary/aromatic N) is 1. The van der Waals surface area contributed by atoms with Gasteiger partial charge in [-0.3, -0.25) is 14.4 Å². The molecule has 1 aliphatic rings. The van der Waals surface area contributed by atoms with E-state index in [0.717, 1.165) is 18.4 Å². The first kappa shape index (κ1) is 28.5. The van der Waals surface area contributed by atoms with Gasteiger partial charge in [0, 0.05) is 18.3 Å². The van der Waals surface area contributed by atoms with Gasteiger partial charge in [-0.15, -0.1) is 0 Å². The summed E-state index contributed by atoms with van der Waals surface area (Å²) in [5, 5.41) is 5.37. The summed E-state index contributed by atoms with van der Waals surface area (Å²) < 4.78 is 10.2. The van der Waals surface area contributed by atoms with Crippen LogP contribution in [0.15, 0.2) is 24.3 Å². The van der Waals surface area contributed by atoms with Crippen LogP contribution in [0.25, 0.3) is 0 Å². The molecule has 0 heterocycles. The predicted octanol–water partition coefficient (Wildman–Crippen LogP) is 2.92. The smallest absolute Gasteiger partial charge is 0.408 e. The van der Waals surface area contributed by atoms with Crippen LogP contribution in [0, 0.1) is 6.92 Å². The molecule has 1 aromatic rings. The maximum absolute atomic E-state index is 13.7. The molecule has 2 atom stereocenters. The summed E-state index contributed by atoms with van der Waals surface area (Å²) in [6.45, 7) is 9.16. The molecule has 9 nitrogen and oxygen atoms in total. The van der Waals surface area contributed by atoms with Gasteiger partial charge in [0.1, 0.15) is 17.7 Å². The van der Waals surface area contributed by atoms with Crippen molar-refractivity contribution in [2.75, 3.05) is 18.9 Å². The second kappa shape index (κ2) is 12.8. The highest BCUT2D eigenvalue weighted by molar-refractivity contribution is 7.80.